The lowest BCUT2D eigenvalue weighted by molar-refractivity contribution is -0.160. The summed E-state index contributed by atoms with van der Waals surface area (Å²) in [7, 11) is 0. The maximum absolute atomic E-state index is 12.2. The Kier molecular flexibility index (Phi) is 7.51. The van der Waals surface area contributed by atoms with Gasteiger partial charge >= 0.3 is 12.1 Å². The molecule has 0 N–H and O–H groups in total. The molecule has 0 heterocycles. The predicted octanol–water partition coefficient (Wildman–Crippen LogP) is 3.58. The van der Waals surface area contributed by atoms with Crippen molar-refractivity contribution in [2.75, 3.05) is 12.4 Å². The first-order chi connectivity index (χ1) is 9.37. The number of hydrogen-bond donors (Lipinski definition) is 0. The SMILES string of the molecule is C[C@@H](C(=O)OC(C)(C)C)N(CCCCl)C(=O)OC(C)(C)C. The van der Waals surface area contributed by atoms with Crippen molar-refractivity contribution in [2.24, 2.45) is 0 Å². The van der Waals surface area contributed by atoms with Crippen molar-refractivity contribution in [3.8, 4) is 0 Å². The molecule has 0 aliphatic rings. The Morgan fingerprint density at radius 3 is 1.90 bits per heavy atom. The van der Waals surface area contributed by atoms with Crippen LogP contribution in [0.2, 0.25) is 0 Å². The molecule has 0 aliphatic carbocycles. The zero-order valence-corrected chi connectivity index (χ0v) is 14.9. The number of hydrogen-bond acceptors (Lipinski definition) is 4. The molecule has 0 unspecified atom stereocenters. The second-order valence-electron chi connectivity index (χ2n) is 6.93. The highest BCUT2D eigenvalue weighted by Gasteiger charge is 2.32. The van der Waals surface area contributed by atoms with Crippen molar-refractivity contribution in [1.82, 2.24) is 4.90 Å². The van der Waals surface area contributed by atoms with Gasteiger partial charge in [0.15, 0.2) is 0 Å². The molecule has 1 amide bonds. The molecule has 0 saturated heterocycles. The summed E-state index contributed by atoms with van der Waals surface area (Å²) in [4.78, 5) is 25.7. The molecular formula is C15H28ClNO4. The Bertz CT molecular complexity index is 358. The van der Waals surface area contributed by atoms with Crippen LogP contribution in [0.3, 0.4) is 0 Å². The summed E-state index contributed by atoms with van der Waals surface area (Å²) < 4.78 is 10.7. The molecule has 0 fully saturated rings. The van der Waals surface area contributed by atoms with E-state index < -0.39 is 29.3 Å². The number of amides is 1. The minimum absolute atomic E-state index is 0.346. The molecule has 0 aromatic rings. The predicted molar refractivity (Wildman–Crippen MR) is 83.6 cm³/mol. The van der Waals surface area contributed by atoms with Gasteiger partial charge in [0, 0.05) is 12.4 Å². The highest BCUT2D eigenvalue weighted by Crippen LogP contribution is 2.16. The van der Waals surface area contributed by atoms with Crippen LogP contribution in [0.15, 0.2) is 0 Å². The van der Waals surface area contributed by atoms with E-state index in [1.54, 1.807) is 48.5 Å². The molecule has 21 heavy (non-hydrogen) atoms. The minimum atomic E-state index is -0.720. The molecule has 6 heteroatoms. The summed E-state index contributed by atoms with van der Waals surface area (Å²) in [6.45, 7) is 12.7. The van der Waals surface area contributed by atoms with Crippen molar-refractivity contribution in [3.63, 3.8) is 0 Å². The van der Waals surface area contributed by atoms with Crippen molar-refractivity contribution in [2.45, 2.75) is 72.1 Å². The quantitative estimate of drug-likeness (QED) is 0.573. The summed E-state index contributed by atoms with van der Waals surface area (Å²) in [6.07, 6.45) is 0.0412. The average molecular weight is 322 g/mol. The van der Waals surface area contributed by atoms with Gasteiger partial charge in [-0.05, 0) is 54.9 Å². The van der Waals surface area contributed by atoms with E-state index in [2.05, 4.69) is 0 Å². The Hall–Kier alpha value is -0.970. The molecule has 5 nitrogen and oxygen atoms in total. The number of halogens is 1. The van der Waals surface area contributed by atoms with Gasteiger partial charge in [0.25, 0.3) is 0 Å². The first-order valence-electron chi connectivity index (χ1n) is 7.16. The first kappa shape index (κ1) is 20.0. The second-order valence-corrected chi connectivity index (χ2v) is 7.30. The fourth-order valence-electron chi connectivity index (χ4n) is 1.51. The van der Waals surface area contributed by atoms with Gasteiger partial charge in [-0.3, -0.25) is 4.90 Å². The summed E-state index contributed by atoms with van der Waals surface area (Å²) in [6, 6.07) is -0.720. The molecular weight excluding hydrogens is 294 g/mol. The van der Waals surface area contributed by atoms with E-state index in [4.69, 9.17) is 21.1 Å². The average Bonchev–Trinajstić information content (AvgIpc) is 2.24. The number of carbonyl (C=O) groups excluding carboxylic acids is 2. The fraction of sp³-hybridized carbons (Fsp3) is 0.867. The molecule has 0 spiro atoms. The van der Waals surface area contributed by atoms with Gasteiger partial charge in [-0.15, -0.1) is 11.6 Å². The molecule has 0 aliphatic heterocycles. The molecule has 0 aromatic carbocycles. The van der Waals surface area contributed by atoms with Crippen LogP contribution in [-0.2, 0) is 14.3 Å². The molecule has 0 rings (SSSR count). The van der Waals surface area contributed by atoms with E-state index in [0.717, 1.165) is 0 Å². The highest BCUT2D eigenvalue weighted by atomic mass is 35.5. The van der Waals surface area contributed by atoms with Gasteiger partial charge in [0.2, 0.25) is 0 Å². The zero-order valence-electron chi connectivity index (χ0n) is 14.2. The van der Waals surface area contributed by atoms with Crippen molar-refractivity contribution in [1.29, 1.82) is 0 Å². The van der Waals surface area contributed by atoms with Gasteiger partial charge in [0.05, 0.1) is 0 Å². The summed E-state index contributed by atoms with van der Waals surface area (Å²) >= 11 is 5.68. The van der Waals surface area contributed by atoms with Crippen LogP contribution >= 0.6 is 11.6 Å². The van der Waals surface area contributed by atoms with E-state index in [9.17, 15) is 9.59 Å². The number of carbonyl (C=O) groups is 2. The molecule has 1 atom stereocenters. The Labute approximate surface area is 132 Å². The van der Waals surface area contributed by atoms with Gasteiger partial charge in [-0.2, -0.15) is 0 Å². The molecule has 0 saturated carbocycles. The minimum Gasteiger partial charge on any atom is -0.458 e. The lowest BCUT2D eigenvalue weighted by Gasteiger charge is -2.32. The monoisotopic (exact) mass is 321 g/mol. The molecule has 0 bridgehead atoms. The van der Waals surface area contributed by atoms with Gasteiger partial charge < -0.3 is 9.47 Å². The second kappa shape index (κ2) is 7.87. The number of nitrogens with zero attached hydrogens (tertiary/aromatic N) is 1. The first-order valence-corrected chi connectivity index (χ1v) is 7.69. The maximum Gasteiger partial charge on any atom is 0.411 e. The van der Waals surface area contributed by atoms with E-state index in [1.165, 1.54) is 4.90 Å². The van der Waals surface area contributed by atoms with Crippen LogP contribution in [-0.4, -0.2) is 46.6 Å². The van der Waals surface area contributed by atoms with E-state index in [0.29, 0.717) is 18.8 Å². The normalized spacial score (nSPS) is 13.5. The van der Waals surface area contributed by atoms with Gasteiger partial charge in [-0.25, -0.2) is 9.59 Å². The largest absolute Gasteiger partial charge is 0.458 e. The summed E-state index contributed by atoms with van der Waals surface area (Å²) in [5.41, 5.74) is -1.22. The number of rotatable bonds is 5. The topological polar surface area (TPSA) is 55.8 Å². The van der Waals surface area contributed by atoms with E-state index in [1.807, 2.05) is 0 Å². The van der Waals surface area contributed by atoms with Crippen LogP contribution in [0.5, 0.6) is 0 Å². The number of ether oxygens (including phenoxy) is 2. The van der Waals surface area contributed by atoms with Crippen molar-refractivity contribution < 1.29 is 19.1 Å². The lowest BCUT2D eigenvalue weighted by Crippen LogP contribution is -2.48. The standard InChI is InChI=1S/C15H28ClNO4/c1-11(12(18)20-14(2,3)4)17(10-8-9-16)13(19)21-15(5,6)7/h11H,8-10H2,1-7H3/t11-/m0/s1. The fourth-order valence-corrected chi connectivity index (χ4v) is 1.63. The zero-order chi connectivity index (χ0) is 16.8. The Balaban J connectivity index is 4.96. The third-order valence-electron chi connectivity index (χ3n) is 2.38. The van der Waals surface area contributed by atoms with Gasteiger partial charge in [0.1, 0.15) is 17.2 Å². The van der Waals surface area contributed by atoms with Crippen molar-refractivity contribution >= 4 is 23.7 Å². The van der Waals surface area contributed by atoms with Crippen molar-refractivity contribution in [3.05, 3.63) is 0 Å². The third kappa shape index (κ3) is 8.81. The highest BCUT2D eigenvalue weighted by molar-refractivity contribution is 6.17. The van der Waals surface area contributed by atoms with E-state index >= 15 is 0 Å². The van der Waals surface area contributed by atoms with Crippen LogP contribution in [0, 0.1) is 0 Å². The summed E-state index contributed by atoms with van der Waals surface area (Å²) in [5, 5.41) is 0. The van der Waals surface area contributed by atoms with Gasteiger partial charge in [-0.1, -0.05) is 0 Å². The van der Waals surface area contributed by atoms with Crippen LogP contribution in [0.4, 0.5) is 4.79 Å². The molecule has 0 aromatic heterocycles. The number of esters is 1. The third-order valence-corrected chi connectivity index (χ3v) is 2.64. The smallest absolute Gasteiger partial charge is 0.411 e. The van der Waals surface area contributed by atoms with Crippen LogP contribution in [0.1, 0.15) is 54.9 Å². The summed E-state index contributed by atoms with van der Waals surface area (Å²) in [5.74, 6) is -0.0525. The Morgan fingerprint density at radius 1 is 1.05 bits per heavy atom. The molecule has 124 valence electrons. The van der Waals surface area contributed by atoms with Crippen LogP contribution in [0.25, 0.3) is 0 Å². The Morgan fingerprint density at radius 2 is 1.52 bits per heavy atom. The maximum atomic E-state index is 12.2. The lowest BCUT2D eigenvalue weighted by atomic mass is 10.2. The molecule has 0 radical (unpaired) electrons. The van der Waals surface area contributed by atoms with E-state index in [-0.39, 0.29) is 0 Å². The van der Waals surface area contributed by atoms with Crippen LogP contribution < -0.4 is 0 Å². The number of alkyl halides is 1.